The van der Waals surface area contributed by atoms with E-state index >= 15 is 8.78 Å². The summed E-state index contributed by atoms with van der Waals surface area (Å²) in [6.45, 7) is -2.96. The van der Waals surface area contributed by atoms with Crippen LogP contribution >= 0.6 is 22.6 Å². The number of primary amides is 1. The number of aromatic nitrogens is 2. The quantitative estimate of drug-likeness (QED) is 0.0689. The number of hydrogen-bond acceptors (Lipinski definition) is 8. The van der Waals surface area contributed by atoms with Crippen molar-refractivity contribution in [2.24, 2.45) is 22.3 Å². The molecular weight excluding hydrogens is 903 g/mol. The zero-order chi connectivity index (χ0) is 43.4. The highest BCUT2D eigenvalue weighted by Gasteiger charge is 2.57. The first-order chi connectivity index (χ1) is 26.1. The topological polar surface area (TPSA) is 178 Å². The largest absolute Gasteiger partial charge is 0.435 e. The van der Waals surface area contributed by atoms with Crippen LogP contribution in [0, 0.1) is 26.0 Å². The molecule has 2 aromatic carbocycles. The molecular formula is C34H38F10IN7O5. The second-order valence-electron chi connectivity index (χ2n) is 14.0. The number of nitrogens with zero attached hydrogens (tertiary/aromatic N) is 3. The molecule has 0 saturated carbocycles. The molecule has 57 heavy (non-hydrogen) atoms. The number of rotatable bonds is 16. The Morgan fingerprint density at radius 3 is 1.95 bits per heavy atom. The van der Waals surface area contributed by atoms with Gasteiger partial charge in [0, 0.05) is 34.0 Å². The zero-order valence-corrected chi connectivity index (χ0v) is 32.5. The van der Waals surface area contributed by atoms with E-state index in [2.05, 4.69) is 15.2 Å². The van der Waals surface area contributed by atoms with Crippen molar-refractivity contribution < 1.29 is 68.1 Å². The summed E-state index contributed by atoms with van der Waals surface area (Å²) in [6.07, 6.45) is -16.3. The highest BCUT2D eigenvalue weighted by Crippen LogP contribution is 2.42. The van der Waals surface area contributed by atoms with Gasteiger partial charge in [0.15, 0.2) is 6.10 Å². The van der Waals surface area contributed by atoms with E-state index < -0.39 is 102 Å². The van der Waals surface area contributed by atoms with E-state index in [0.717, 1.165) is 15.8 Å². The highest BCUT2D eigenvalue weighted by atomic mass is 127. The molecule has 0 aliphatic heterocycles. The van der Waals surface area contributed by atoms with Gasteiger partial charge in [-0.05, 0) is 92.6 Å². The number of aliphatic hydroxyl groups is 1. The van der Waals surface area contributed by atoms with Crippen LogP contribution in [0.15, 0.2) is 48.7 Å². The summed E-state index contributed by atoms with van der Waals surface area (Å²) in [4.78, 5) is 38.3. The third-order valence-corrected chi connectivity index (χ3v) is 9.80. The predicted octanol–water partition coefficient (Wildman–Crippen LogP) is 5.72. The standard InChI is InChI=1S/C34H38F10IN7O5/c1-31(2,33(39,40)41)25(46)27(54)48-23(11-16-5-7-18(45)8-6-16)24(53)15-51(50-28(55)26(57-30(47)56)32(3,4)34(42,43)44)14-19-20(35)12-17(13-21(19)36)22-9-10-52(49-22)29(37)38/h5-10,12-13,23-26,29,53H,11,14-15,46H2,1-4H3,(H2,47,56)(H,48,54)(H,50,55). The summed E-state index contributed by atoms with van der Waals surface area (Å²) in [5.74, 6) is -5.94. The fourth-order valence-corrected chi connectivity index (χ4v) is 5.50. The van der Waals surface area contributed by atoms with Crippen molar-refractivity contribution >= 4 is 40.5 Å². The van der Waals surface area contributed by atoms with Gasteiger partial charge in [-0.3, -0.25) is 15.0 Å². The molecule has 3 aromatic rings. The lowest BCUT2D eigenvalue weighted by atomic mass is 9.83. The molecule has 0 aliphatic rings. The monoisotopic (exact) mass is 941 g/mol. The Morgan fingerprint density at radius 1 is 0.930 bits per heavy atom. The number of alkyl halides is 8. The van der Waals surface area contributed by atoms with Gasteiger partial charge < -0.3 is 26.6 Å². The molecule has 0 radical (unpaired) electrons. The van der Waals surface area contributed by atoms with Crippen LogP contribution in [-0.4, -0.2) is 81.0 Å². The van der Waals surface area contributed by atoms with E-state index in [1.165, 1.54) is 12.1 Å². The molecule has 1 aromatic heterocycles. The van der Waals surface area contributed by atoms with Gasteiger partial charge in [0.25, 0.3) is 5.91 Å². The van der Waals surface area contributed by atoms with Crippen molar-refractivity contribution in [1.82, 2.24) is 25.5 Å². The number of hydrazine groups is 1. The average molecular weight is 942 g/mol. The number of nitrogens with two attached hydrogens (primary N) is 2. The van der Waals surface area contributed by atoms with Crippen LogP contribution in [0.25, 0.3) is 11.3 Å². The Morgan fingerprint density at radius 2 is 1.47 bits per heavy atom. The third kappa shape index (κ3) is 11.7. The summed E-state index contributed by atoms with van der Waals surface area (Å²) < 4.78 is 146. The zero-order valence-electron chi connectivity index (χ0n) is 30.4. The van der Waals surface area contributed by atoms with E-state index in [1.807, 2.05) is 28.0 Å². The van der Waals surface area contributed by atoms with Gasteiger partial charge in [0.1, 0.15) is 17.0 Å². The van der Waals surface area contributed by atoms with Crippen molar-refractivity contribution in [1.29, 1.82) is 0 Å². The van der Waals surface area contributed by atoms with Gasteiger partial charge in [0.2, 0.25) is 5.91 Å². The average Bonchev–Trinajstić information content (AvgIpc) is 3.59. The molecule has 3 rings (SSSR count). The number of halogens is 11. The Bertz CT molecular complexity index is 1870. The maximum absolute atomic E-state index is 15.6. The number of carbonyl (C=O) groups is 3. The Kier molecular flexibility index (Phi) is 15.0. The van der Waals surface area contributed by atoms with Crippen LogP contribution < -0.4 is 22.2 Å². The molecule has 0 spiro atoms. The van der Waals surface area contributed by atoms with E-state index in [0.29, 0.717) is 50.4 Å². The van der Waals surface area contributed by atoms with Crippen molar-refractivity contribution in [2.75, 3.05) is 6.54 Å². The van der Waals surface area contributed by atoms with E-state index in [1.54, 1.807) is 12.1 Å². The number of carbonyl (C=O) groups excluding carboxylic acids is 3. The molecule has 0 fully saturated rings. The van der Waals surface area contributed by atoms with Gasteiger partial charge >= 0.3 is 25.0 Å². The molecule has 3 amide bonds. The maximum Gasteiger partial charge on any atom is 0.405 e. The molecule has 0 saturated heterocycles. The van der Waals surface area contributed by atoms with Gasteiger partial charge in [-0.15, -0.1) is 0 Å². The summed E-state index contributed by atoms with van der Waals surface area (Å²) in [7, 11) is 0. The molecule has 0 bridgehead atoms. The molecule has 12 nitrogen and oxygen atoms in total. The van der Waals surface area contributed by atoms with Crippen molar-refractivity contribution in [3.05, 3.63) is 75.0 Å². The maximum atomic E-state index is 15.6. The predicted molar refractivity (Wildman–Crippen MR) is 190 cm³/mol. The number of aliphatic hydroxyl groups excluding tert-OH is 1. The van der Waals surface area contributed by atoms with Crippen LogP contribution in [0.4, 0.5) is 48.7 Å². The number of benzene rings is 2. The van der Waals surface area contributed by atoms with Gasteiger partial charge in [-0.2, -0.15) is 40.2 Å². The van der Waals surface area contributed by atoms with Crippen molar-refractivity contribution in [2.45, 2.75) is 83.9 Å². The number of hydrogen-bond donors (Lipinski definition) is 5. The minimum Gasteiger partial charge on any atom is -0.435 e. The first kappa shape index (κ1) is 47.1. The van der Waals surface area contributed by atoms with Gasteiger partial charge in [-0.1, -0.05) is 12.1 Å². The van der Waals surface area contributed by atoms with E-state index in [4.69, 9.17) is 11.5 Å². The summed E-state index contributed by atoms with van der Waals surface area (Å²) in [6, 6.07) is 4.83. The molecule has 4 atom stereocenters. The SMILES string of the molecule is CC(C)(C(N)C(=O)NC(Cc1ccc(I)cc1)C(O)CN(Cc1c(F)cc(-c2ccn(C(F)F)n2)cc1F)NC(=O)C(OC(N)=O)C(C)(C)C(F)(F)F)C(F)(F)F. The lowest BCUT2D eigenvalue weighted by molar-refractivity contribution is -0.239. The molecule has 316 valence electrons. The fraction of sp³-hybridized carbons (Fsp3) is 0.471. The van der Waals surface area contributed by atoms with Crippen LogP contribution in [0.2, 0.25) is 0 Å². The number of ether oxygens (including phenoxy) is 1. The lowest BCUT2D eigenvalue weighted by Crippen LogP contribution is -2.61. The summed E-state index contributed by atoms with van der Waals surface area (Å²) in [5.41, 5.74) is 5.50. The van der Waals surface area contributed by atoms with Crippen LogP contribution in [0.1, 0.15) is 45.4 Å². The third-order valence-electron chi connectivity index (χ3n) is 9.08. The van der Waals surface area contributed by atoms with E-state index in [9.17, 15) is 54.6 Å². The Labute approximate surface area is 332 Å². The van der Waals surface area contributed by atoms with Crippen LogP contribution in [-0.2, 0) is 27.3 Å². The van der Waals surface area contributed by atoms with Crippen LogP contribution in [0.3, 0.4) is 0 Å². The molecule has 0 aliphatic carbocycles. The highest BCUT2D eigenvalue weighted by molar-refractivity contribution is 14.1. The van der Waals surface area contributed by atoms with Gasteiger partial charge in [-0.25, -0.2) is 23.3 Å². The lowest BCUT2D eigenvalue weighted by Gasteiger charge is -2.37. The minimum absolute atomic E-state index is 0.202. The summed E-state index contributed by atoms with van der Waals surface area (Å²) >= 11 is 1.97. The van der Waals surface area contributed by atoms with Gasteiger partial charge in [0.05, 0.1) is 29.3 Å². The Balaban J connectivity index is 2.09. The second-order valence-corrected chi connectivity index (χ2v) is 15.2. The normalized spacial score (nSPS) is 14.9. The first-order valence-corrected chi connectivity index (χ1v) is 17.6. The smallest absolute Gasteiger partial charge is 0.405 e. The molecule has 4 unspecified atom stereocenters. The fourth-order valence-electron chi connectivity index (χ4n) is 5.14. The number of amides is 3. The van der Waals surface area contributed by atoms with Crippen molar-refractivity contribution in [3.63, 3.8) is 0 Å². The molecule has 23 heteroatoms. The number of nitrogens with one attached hydrogen (secondary N) is 2. The minimum atomic E-state index is -5.23. The second kappa shape index (κ2) is 18.1. The molecule has 1 heterocycles. The molecule has 7 N–H and O–H groups in total. The Hall–Kier alpha value is -4.23. The van der Waals surface area contributed by atoms with Crippen molar-refractivity contribution in [3.8, 4) is 11.3 Å². The first-order valence-electron chi connectivity index (χ1n) is 16.5. The van der Waals surface area contributed by atoms with E-state index in [-0.39, 0.29) is 22.4 Å². The summed E-state index contributed by atoms with van der Waals surface area (Å²) in [5, 5.41) is 17.8. The van der Waals surface area contributed by atoms with Crippen LogP contribution in [0.5, 0.6) is 0 Å².